The zero-order chi connectivity index (χ0) is 20.1. The van der Waals surface area contributed by atoms with Crippen molar-refractivity contribution >= 4 is 19.0 Å². The molecule has 0 bridgehead atoms. The second kappa shape index (κ2) is 9.16. The van der Waals surface area contributed by atoms with E-state index in [0.717, 1.165) is 6.54 Å². The Balaban J connectivity index is 1.57. The molecule has 1 aromatic carbocycles. The molecule has 2 aliphatic heterocycles. The average molecular weight is 390 g/mol. The molecule has 10 heteroatoms. The number of rotatable bonds is 8. The fourth-order valence-electron chi connectivity index (χ4n) is 3.31. The van der Waals surface area contributed by atoms with Gasteiger partial charge in [-0.2, -0.15) is 0 Å². The predicted molar refractivity (Wildman–Crippen MR) is 98.2 cm³/mol. The summed E-state index contributed by atoms with van der Waals surface area (Å²) in [5, 5.41) is 22.8. The molecule has 9 nitrogen and oxygen atoms in total. The van der Waals surface area contributed by atoms with E-state index in [1.54, 1.807) is 11.0 Å². The first kappa shape index (κ1) is 20.3. The normalized spacial score (nSPS) is 19.6. The van der Waals surface area contributed by atoms with E-state index in [0.29, 0.717) is 45.4 Å². The SMILES string of the molecule is O=BCCc1ccc(OC2CN(C(=O)CC3CNCCO3)C2)c(C(=O)O)c1O. The van der Waals surface area contributed by atoms with Crippen LogP contribution in [0.4, 0.5) is 0 Å². The Morgan fingerprint density at radius 2 is 2.14 bits per heavy atom. The summed E-state index contributed by atoms with van der Waals surface area (Å²) in [5.74, 6) is -1.67. The molecule has 0 aliphatic carbocycles. The van der Waals surface area contributed by atoms with E-state index < -0.39 is 5.97 Å². The van der Waals surface area contributed by atoms with Crippen LogP contribution < -0.4 is 10.1 Å². The van der Waals surface area contributed by atoms with Crippen LogP contribution in [0, 0.1) is 0 Å². The van der Waals surface area contributed by atoms with Crippen molar-refractivity contribution in [1.29, 1.82) is 0 Å². The van der Waals surface area contributed by atoms with Gasteiger partial charge in [0.15, 0.2) is 0 Å². The van der Waals surface area contributed by atoms with Crippen LogP contribution in [0.1, 0.15) is 22.3 Å². The number of aryl methyl sites for hydroxylation is 1. The molecule has 0 aromatic heterocycles. The number of morpholine rings is 1. The number of nitrogens with one attached hydrogen (secondary N) is 1. The van der Waals surface area contributed by atoms with Crippen molar-refractivity contribution in [2.24, 2.45) is 0 Å². The molecule has 0 saturated carbocycles. The Kier molecular flexibility index (Phi) is 6.63. The number of benzene rings is 1. The van der Waals surface area contributed by atoms with Gasteiger partial charge in [0.1, 0.15) is 0 Å². The predicted octanol–water partition coefficient (Wildman–Crippen LogP) is 0.0690. The molecule has 3 N–H and O–H groups in total. The number of nitrogens with zero attached hydrogens (tertiary/aromatic N) is 1. The molecule has 0 spiro atoms. The number of phenols is 1. The Labute approximate surface area is 162 Å². The summed E-state index contributed by atoms with van der Waals surface area (Å²) >= 11 is 0. The molecule has 2 aliphatic rings. The topological polar surface area (TPSA) is 125 Å². The first-order chi connectivity index (χ1) is 13.5. The van der Waals surface area contributed by atoms with E-state index in [1.165, 1.54) is 6.07 Å². The summed E-state index contributed by atoms with van der Waals surface area (Å²) in [5.41, 5.74) is 0.0539. The van der Waals surface area contributed by atoms with Crippen LogP contribution in [0.2, 0.25) is 6.32 Å². The molecular formula is C18H23BN2O7. The van der Waals surface area contributed by atoms with Crippen LogP contribution >= 0.6 is 0 Å². The number of carbonyl (C=O) groups is 2. The van der Waals surface area contributed by atoms with E-state index in [2.05, 4.69) is 5.32 Å². The third-order valence-electron chi connectivity index (χ3n) is 4.87. The van der Waals surface area contributed by atoms with E-state index >= 15 is 0 Å². The first-order valence-corrected chi connectivity index (χ1v) is 9.28. The van der Waals surface area contributed by atoms with Crippen molar-refractivity contribution in [1.82, 2.24) is 10.2 Å². The number of ether oxygens (including phenoxy) is 2. The van der Waals surface area contributed by atoms with Crippen molar-refractivity contribution in [2.45, 2.75) is 31.4 Å². The second-order valence-electron chi connectivity index (χ2n) is 6.90. The van der Waals surface area contributed by atoms with Crippen molar-refractivity contribution in [2.75, 3.05) is 32.8 Å². The summed E-state index contributed by atoms with van der Waals surface area (Å²) < 4.78 is 21.7. The molecule has 150 valence electrons. The summed E-state index contributed by atoms with van der Waals surface area (Å²) in [6, 6.07) is 3.03. The first-order valence-electron chi connectivity index (χ1n) is 9.28. The van der Waals surface area contributed by atoms with Crippen molar-refractivity contribution in [3.8, 4) is 11.5 Å². The molecule has 1 amide bonds. The van der Waals surface area contributed by atoms with Crippen LogP contribution in [0.15, 0.2) is 12.1 Å². The quantitative estimate of drug-likeness (QED) is 0.533. The van der Waals surface area contributed by atoms with E-state index in [4.69, 9.17) is 9.47 Å². The van der Waals surface area contributed by atoms with Crippen LogP contribution in [-0.4, -0.2) is 79.1 Å². The van der Waals surface area contributed by atoms with Gasteiger partial charge < -0.3 is 10.1 Å². The van der Waals surface area contributed by atoms with Gasteiger partial charge in [-0.3, -0.25) is 0 Å². The standard InChI is InChI=1S/C18H23BN2O7/c22-15(7-12-8-20-5-6-27-12)21-9-13(10-21)28-14-2-1-11(3-4-19-26)17(23)16(14)18(24)25/h1-2,12-13,20,23H,3-10H2,(H,24,25). The van der Waals surface area contributed by atoms with Crippen LogP contribution in [0.25, 0.3) is 0 Å². The van der Waals surface area contributed by atoms with Crippen molar-refractivity contribution < 1.29 is 34.0 Å². The Morgan fingerprint density at radius 3 is 2.79 bits per heavy atom. The molecule has 1 aromatic rings. The fraction of sp³-hybridized carbons (Fsp3) is 0.556. The Hall–Kier alpha value is -2.46. The maximum absolute atomic E-state index is 12.3. The molecule has 1 atom stereocenters. The maximum atomic E-state index is 12.3. The summed E-state index contributed by atoms with van der Waals surface area (Å²) in [6.45, 7) is 2.74. The third-order valence-corrected chi connectivity index (χ3v) is 4.87. The van der Waals surface area contributed by atoms with Gasteiger partial charge in [0.25, 0.3) is 0 Å². The zero-order valence-corrected chi connectivity index (χ0v) is 15.4. The minimum atomic E-state index is -1.31. The molecule has 28 heavy (non-hydrogen) atoms. The van der Waals surface area contributed by atoms with Crippen LogP contribution in [-0.2, 0) is 20.7 Å². The van der Waals surface area contributed by atoms with Gasteiger partial charge in [0.05, 0.1) is 12.7 Å². The molecule has 3 rings (SSSR count). The van der Waals surface area contributed by atoms with Gasteiger partial charge in [-0.05, 0) is 0 Å². The molecule has 1 unspecified atom stereocenters. The molecule has 2 heterocycles. The van der Waals surface area contributed by atoms with Gasteiger partial charge in [-0.15, -0.1) is 0 Å². The van der Waals surface area contributed by atoms with Crippen molar-refractivity contribution in [3.63, 3.8) is 0 Å². The van der Waals surface area contributed by atoms with Gasteiger partial charge in [0.2, 0.25) is 0 Å². The number of amides is 1. The van der Waals surface area contributed by atoms with Gasteiger partial charge in [-0.25, -0.2) is 0 Å². The number of carboxylic acid groups (broad SMARTS) is 1. The Morgan fingerprint density at radius 1 is 1.36 bits per heavy atom. The zero-order valence-electron chi connectivity index (χ0n) is 15.4. The van der Waals surface area contributed by atoms with Crippen LogP contribution in [0.5, 0.6) is 11.5 Å². The summed E-state index contributed by atoms with van der Waals surface area (Å²) in [7, 11) is 0.707. The van der Waals surface area contributed by atoms with Crippen LogP contribution in [0.3, 0.4) is 0 Å². The monoisotopic (exact) mass is 390 g/mol. The van der Waals surface area contributed by atoms with Crippen molar-refractivity contribution in [3.05, 3.63) is 23.3 Å². The molecule has 2 saturated heterocycles. The third kappa shape index (κ3) is 4.68. The van der Waals surface area contributed by atoms with Gasteiger partial charge in [0, 0.05) is 13.1 Å². The Bertz CT molecular complexity index is 746. The summed E-state index contributed by atoms with van der Waals surface area (Å²) in [4.78, 5) is 25.5. The van der Waals surface area contributed by atoms with E-state index in [1.807, 2.05) is 0 Å². The van der Waals surface area contributed by atoms with Gasteiger partial charge in [-0.1, -0.05) is 0 Å². The van der Waals surface area contributed by atoms with Gasteiger partial charge >= 0.3 is 126 Å². The molecular weight excluding hydrogens is 367 g/mol. The number of aromatic carboxylic acids is 1. The van der Waals surface area contributed by atoms with E-state index in [9.17, 15) is 24.5 Å². The number of aromatic hydroxyl groups is 1. The fourth-order valence-corrected chi connectivity index (χ4v) is 3.31. The minimum absolute atomic E-state index is 0.0286. The molecule has 0 radical (unpaired) electrons. The number of hydrogen-bond acceptors (Lipinski definition) is 7. The van der Waals surface area contributed by atoms with E-state index in [-0.39, 0.29) is 47.9 Å². The number of likely N-dealkylation sites (tertiary alicyclic amines) is 1. The average Bonchev–Trinajstić information content (AvgIpc) is 2.64. The number of carbonyl (C=O) groups excluding carboxylic acids is 1. The summed E-state index contributed by atoms with van der Waals surface area (Å²) in [6.07, 6.45) is 0.266. The molecule has 2 fully saturated rings. The second-order valence-corrected chi connectivity index (χ2v) is 6.90. The number of hydrogen-bond donors (Lipinski definition) is 3. The number of carboxylic acids is 1.